The molecular formula is C20H19ClN4O5S2. The van der Waals surface area contributed by atoms with Gasteiger partial charge in [-0.25, -0.2) is 14.0 Å². The summed E-state index contributed by atoms with van der Waals surface area (Å²) in [7, 11) is 0. The summed E-state index contributed by atoms with van der Waals surface area (Å²) in [6.07, 6.45) is 0. The molecule has 1 fully saturated rings. The number of carbonyl (C=O) groups is 2. The molecule has 12 heteroatoms. The summed E-state index contributed by atoms with van der Waals surface area (Å²) in [4.78, 5) is 31.2. The largest absolute Gasteiger partial charge is 0.378 e. The van der Waals surface area contributed by atoms with Crippen molar-refractivity contribution in [2.24, 2.45) is 0 Å². The smallest absolute Gasteiger partial charge is 0.327 e. The molecule has 1 unspecified atom stereocenters. The Labute approximate surface area is 195 Å². The molecule has 2 heterocycles. The highest BCUT2D eigenvalue weighted by Crippen LogP contribution is 2.27. The number of fused-ring (bicyclic) bond motifs is 1. The number of imide groups is 1. The van der Waals surface area contributed by atoms with Gasteiger partial charge in [-0.1, -0.05) is 29.0 Å². The highest BCUT2D eigenvalue weighted by atomic mass is 35.5. The van der Waals surface area contributed by atoms with Crippen LogP contribution in [0.3, 0.4) is 0 Å². The van der Waals surface area contributed by atoms with E-state index in [4.69, 9.17) is 20.9 Å². The van der Waals surface area contributed by atoms with Crippen LogP contribution in [0.15, 0.2) is 36.4 Å². The Morgan fingerprint density at radius 3 is 2.72 bits per heavy atom. The molecule has 3 amide bonds. The number of anilines is 2. The first-order chi connectivity index (χ1) is 15.4. The zero-order chi connectivity index (χ0) is 22.7. The molecule has 1 aromatic heterocycles. The van der Waals surface area contributed by atoms with Crippen molar-refractivity contribution >= 4 is 67.0 Å². The van der Waals surface area contributed by atoms with Crippen LogP contribution in [0, 0.1) is 0 Å². The van der Waals surface area contributed by atoms with Gasteiger partial charge in [0.2, 0.25) is 0 Å². The van der Waals surface area contributed by atoms with Gasteiger partial charge in [0.05, 0.1) is 39.8 Å². The maximum absolute atomic E-state index is 12.5. The molecule has 0 bridgehead atoms. The number of nitrogens with one attached hydrogen (secondary N) is 2. The fourth-order valence-corrected chi connectivity index (χ4v) is 4.91. The summed E-state index contributed by atoms with van der Waals surface area (Å²) in [6, 6.07) is 9.48. The van der Waals surface area contributed by atoms with Crippen molar-refractivity contribution in [1.29, 1.82) is 0 Å². The first-order valence-corrected chi connectivity index (χ1v) is 12.1. The molecule has 4 rings (SSSR count). The highest BCUT2D eigenvalue weighted by molar-refractivity contribution is 7.78. The Morgan fingerprint density at radius 1 is 1.22 bits per heavy atom. The van der Waals surface area contributed by atoms with Gasteiger partial charge in [0.25, 0.3) is 5.91 Å². The lowest BCUT2D eigenvalue weighted by Gasteiger charge is -2.29. The summed E-state index contributed by atoms with van der Waals surface area (Å²) in [5.74, 6) is -0.619. The number of ether oxygens (including phenoxy) is 1. The molecule has 9 nitrogen and oxygen atoms in total. The Kier molecular flexibility index (Phi) is 7.01. The van der Waals surface area contributed by atoms with E-state index in [1.54, 1.807) is 36.4 Å². The van der Waals surface area contributed by atoms with E-state index in [2.05, 4.69) is 20.5 Å². The summed E-state index contributed by atoms with van der Waals surface area (Å²) in [5.41, 5.74) is 2.39. The number of carbonyl (C=O) groups excluding carboxylic acids is 2. The van der Waals surface area contributed by atoms with Gasteiger partial charge in [-0.3, -0.25) is 15.4 Å². The molecule has 1 atom stereocenters. The number of benzene rings is 2. The van der Waals surface area contributed by atoms with Crippen LogP contribution >= 0.6 is 22.9 Å². The quantitative estimate of drug-likeness (QED) is 0.464. The molecule has 0 radical (unpaired) electrons. The fraction of sp³-hybridized carbons (Fsp3) is 0.250. The van der Waals surface area contributed by atoms with E-state index in [9.17, 15) is 13.8 Å². The lowest BCUT2D eigenvalue weighted by Crippen LogP contribution is -2.36. The average Bonchev–Trinajstić information content (AvgIpc) is 3.15. The summed E-state index contributed by atoms with van der Waals surface area (Å²) < 4.78 is 26.1. The summed E-state index contributed by atoms with van der Waals surface area (Å²) in [6.45, 7) is 2.75. The zero-order valence-electron chi connectivity index (χ0n) is 16.7. The molecule has 0 spiro atoms. The Morgan fingerprint density at radius 2 is 2.00 bits per heavy atom. The van der Waals surface area contributed by atoms with Gasteiger partial charge in [-0.2, -0.15) is 0 Å². The summed E-state index contributed by atoms with van der Waals surface area (Å²) in [5, 5.41) is 5.33. The number of aromatic nitrogens is 1. The second kappa shape index (κ2) is 9.92. The average molecular weight is 495 g/mol. The topological polar surface area (TPSA) is 121 Å². The van der Waals surface area contributed by atoms with Crippen LogP contribution < -0.4 is 15.5 Å². The number of thiazole rings is 1. The number of nitrogens with zero attached hydrogens (tertiary/aromatic N) is 2. The van der Waals surface area contributed by atoms with Gasteiger partial charge in [0.15, 0.2) is 16.2 Å². The van der Waals surface area contributed by atoms with Gasteiger partial charge in [0, 0.05) is 18.8 Å². The van der Waals surface area contributed by atoms with Crippen LogP contribution in [0.4, 0.5) is 15.6 Å². The second-order valence-electron chi connectivity index (χ2n) is 6.96. The maximum atomic E-state index is 12.5. The Bertz CT molecular complexity index is 1200. The molecule has 0 aliphatic carbocycles. The van der Waals surface area contributed by atoms with Gasteiger partial charge < -0.3 is 14.2 Å². The molecular weight excluding hydrogens is 476 g/mol. The molecule has 2 aromatic carbocycles. The molecule has 1 saturated heterocycles. The van der Waals surface area contributed by atoms with E-state index in [1.165, 1.54) is 11.3 Å². The first-order valence-electron chi connectivity index (χ1n) is 9.60. The second-order valence-corrected chi connectivity index (χ2v) is 9.33. The number of hydrogen-bond acceptors (Lipinski definition) is 7. The molecule has 3 aromatic rings. The number of urea groups is 1. The molecule has 32 heavy (non-hydrogen) atoms. The van der Waals surface area contributed by atoms with E-state index >= 15 is 0 Å². The third-order valence-corrected chi connectivity index (χ3v) is 6.59. The Hall–Kier alpha value is -2.57. The number of hydrogen-bond donors (Lipinski definition) is 3. The minimum Gasteiger partial charge on any atom is -0.378 e. The monoisotopic (exact) mass is 494 g/mol. The van der Waals surface area contributed by atoms with Crippen molar-refractivity contribution in [3.8, 4) is 0 Å². The lowest BCUT2D eigenvalue weighted by atomic mass is 10.1. The van der Waals surface area contributed by atoms with Crippen molar-refractivity contribution < 1.29 is 23.1 Å². The summed E-state index contributed by atoms with van der Waals surface area (Å²) >= 11 is 5.54. The van der Waals surface area contributed by atoms with E-state index in [0.717, 1.165) is 23.5 Å². The normalized spacial score (nSPS) is 14.9. The van der Waals surface area contributed by atoms with E-state index < -0.39 is 23.0 Å². The molecule has 3 N–H and O–H groups in total. The van der Waals surface area contributed by atoms with E-state index in [0.29, 0.717) is 29.4 Å². The fourth-order valence-electron chi connectivity index (χ4n) is 3.26. The molecule has 1 aliphatic heterocycles. The van der Waals surface area contributed by atoms with Crippen LogP contribution in [0.25, 0.3) is 10.2 Å². The van der Waals surface area contributed by atoms with Crippen LogP contribution in [-0.4, -0.2) is 52.0 Å². The van der Waals surface area contributed by atoms with Crippen LogP contribution in [0.2, 0.25) is 5.02 Å². The Balaban J connectivity index is 1.40. The van der Waals surface area contributed by atoms with Crippen molar-refractivity contribution in [2.75, 3.05) is 36.5 Å². The van der Waals surface area contributed by atoms with Crippen LogP contribution in [-0.2, 0) is 21.6 Å². The van der Waals surface area contributed by atoms with Crippen LogP contribution in [0.5, 0.6) is 0 Å². The SMILES string of the molecule is O=C(NC(=O)c1ccc(N2CCOCC2)cc1Cl)Nc1nc2ccc(CS(=O)O)cc2s1. The minimum absolute atomic E-state index is 0.0106. The standard InChI is InChI=1S/C20H19ClN4O5S2/c21-15-10-13(25-5-7-30-8-6-25)2-3-14(15)18(26)23-19(27)24-20-22-16-4-1-12(11-32(28)29)9-17(16)31-20/h1-4,9-10H,5-8,11H2,(H,28,29)(H2,22,23,24,26,27). The first kappa shape index (κ1) is 22.6. The molecule has 1 aliphatic rings. The minimum atomic E-state index is -1.94. The zero-order valence-corrected chi connectivity index (χ0v) is 19.1. The number of halogens is 1. The van der Waals surface area contributed by atoms with Crippen molar-refractivity contribution in [3.05, 3.63) is 52.5 Å². The predicted octanol–water partition coefficient (Wildman–Crippen LogP) is 3.47. The molecule has 168 valence electrons. The number of amides is 3. The third kappa shape index (κ3) is 5.43. The van der Waals surface area contributed by atoms with Crippen LogP contribution in [0.1, 0.15) is 15.9 Å². The number of morpholine rings is 1. The maximum Gasteiger partial charge on any atom is 0.327 e. The number of rotatable bonds is 5. The third-order valence-electron chi connectivity index (χ3n) is 4.76. The highest BCUT2D eigenvalue weighted by Gasteiger charge is 2.18. The van der Waals surface area contributed by atoms with E-state index in [1.807, 2.05) is 0 Å². The molecule has 0 saturated carbocycles. The van der Waals surface area contributed by atoms with E-state index in [-0.39, 0.29) is 16.3 Å². The van der Waals surface area contributed by atoms with Gasteiger partial charge >= 0.3 is 6.03 Å². The van der Waals surface area contributed by atoms with Gasteiger partial charge in [-0.05, 0) is 35.9 Å². The van der Waals surface area contributed by atoms with Gasteiger partial charge in [0.1, 0.15) is 0 Å². The van der Waals surface area contributed by atoms with Crippen molar-refractivity contribution in [1.82, 2.24) is 10.3 Å². The van der Waals surface area contributed by atoms with Gasteiger partial charge in [-0.15, -0.1) is 0 Å². The van der Waals surface area contributed by atoms with Crippen molar-refractivity contribution in [3.63, 3.8) is 0 Å². The lowest BCUT2D eigenvalue weighted by molar-refractivity contribution is 0.0967. The predicted molar refractivity (Wildman–Crippen MR) is 125 cm³/mol. The van der Waals surface area contributed by atoms with Crippen molar-refractivity contribution in [2.45, 2.75) is 5.75 Å².